The molecule has 2 aromatic rings. The van der Waals surface area contributed by atoms with E-state index in [9.17, 15) is 9.90 Å². The van der Waals surface area contributed by atoms with E-state index in [0.717, 1.165) is 0 Å². The number of amides is 1. The van der Waals surface area contributed by atoms with Crippen molar-refractivity contribution in [1.29, 1.82) is 0 Å². The first-order valence-corrected chi connectivity index (χ1v) is 6.54. The zero-order valence-corrected chi connectivity index (χ0v) is 10.9. The highest BCUT2D eigenvalue weighted by Crippen LogP contribution is 2.17. The number of aromatic nitrogens is 2. The highest BCUT2D eigenvalue weighted by atomic mass is 16.5. The number of carbonyl (C=O) groups is 1. The molecule has 0 spiro atoms. The summed E-state index contributed by atoms with van der Waals surface area (Å²) in [6.45, 7) is 1.03. The van der Waals surface area contributed by atoms with E-state index in [1.807, 2.05) is 0 Å². The molecule has 1 amide bonds. The number of aliphatic hydroxyl groups is 1. The molecule has 106 valence electrons. The van der Waals surface area contributed by atoms with Crippen molar-refractivity contribution in [2.75, 3.05) is 13.1 Å². The van der Waals surface area contributed by atoms with Gasteiger partial charge in [0.2, 0.25) is 17.6 Å². The van der Waals surface area contributed by atoms with Gasteiger partial charge in [-0.25, -0.2) is 0 Å². The van der Waals surface area contributed by atoms with Crippen molar-refractivity contribution in [3.8, 4) is 11.6 Å². The van der Waals surface area contributed by atoms with Crippen LogP contribution >= 0.6 is 0 Å². The van der Waals surface area contributed by atoms with E-state index >= 15 is 0 Å². The van der Waals surface area contributed by atoms with E-state index in [0.29, 0.717) is 49.8 Å². The topological polar surface area (TPSA) is 92.6 Å². The third-order valence-corrected chi connectivity index (χ3v) is 3.28. The van der Waals surface area contributed by atoms with Gasteiger partial charge in [0.1, 0.15) is 0 Å². The Bertz CT molecular complexity index is 578. The number of aliphatic hydroxyl groups excluding tert-OH is 1. The zero-order chi connectivity index (χ0) is 13.9. The highest BCUT2D eigenvalue weighted by Gasteiger charge is 2.24. The molecule has 1 saturated heterocycles. The Morgan fingerprint density at radius 2 is 2.45 bits per heavy atom. The lowest BCUT2D eigenvalue weighted by atomic mass is 10.3. The van der Waals surface area contributed by atoms with Crippen LogP contribution in [-0.2, 0) is 11.2 Å². The molecular weight excluding hydrogens is 262 g/mol. The first-order chi connectivity index (χ1) is 9.72. The molecule has 1 N–H and O–H groups in total. The number of β-amino-alcohol motifs (C(OH)–C–C–N with tert-alkyl or cyclic N) is 1. The van der Waals surface area contributed by atoms with Gasteiger partial charge in [0.25, 0.3) is 0 Å². The van der Waals surface area contributed by atoms with Crippen molar-refractivity contribution in [3.63, 3.8) is 0 Å². The van der Waals surface area contributed by atoms with Crippen molar-refractivity contribution in [2.45, 2.75) is 25.4 Å². The minimum Gasteiger partial charge on any atom is -0.461 e. The molecule has 7 nitrogen and oxygen atoms in total. The Morgan fingerprint density at radius 1 is 1.55 bits per heavy atom. The summed E-state index contributed by atoms with van der Waals surface area (Å²) >= 11 is 0. The van der Waals surface area contributed by atoms with Crippen molar-refractivity contribution >= 4 is 5.91 Å². The van der Waals surface area contributed by atoms with Crippen molar-refractivity contribution in [2.24, 2.45) is 0 Å². The predicted molar refractivity (Wildman–Crippen MR) is 67.5 cm³/mol. The molecule has 1 aliphatic heterocycles. The number of nitrogens with zero attached hydrogens (tertiary/aromatic N) is 3. The number of hydrogen-bond donors (Lipinski definition) is 1. The van der Waals surface area contributed by atoms with Gasteiger partial charge in [-0.3, -0.25) is 4.79 Å². The molecule has 7 heteroatoms. The Morgan fingerprint density at radius 3 is 3.15 bits per heavy atom. The van der Waals surface area contributed by atoms with Gasteiger partial charge in [-0.1, -0.05) is 5.16 Å². The molecule has 2 aromatic heterocycles. The Balaban J connectivity index is 1.55. The Labute approximate surface area is 115 Å². The zero-order valence-electron chi connectivity index (χ0n) is 10.9. The van der Waals surface area contributed by atoms with E-state index in [1.54, 1.807) is 17.0 Å². The maximum atomic E-state index is 11.9. The number of likely N-dealkylation sites (tertiary alicyclic amines) is 1. The van der Waals surface area contributed by atoms with Crippen LogP contribution in [0.3, 0.4) is 0 Å². The van der Waals surface area contributed by atoms with Gasteiger partial charge in [-0.05, 0) is 18.6 Å². The molecule has 0 saturated carbocycles. The first-order valence-electron chi connectivity index (χ1n) is 6.54. The third kappa shape index (κ3) is 2.72. The van der Waals surface area contributed by atoms with E-state index in [1.165, 1.54) is 6.26 Å². The van der Waals surface area contributed by atoms with Gasteiger partial charge in [0.05, 0.1) is 12.4 Å². The smallest absolute Gasteiger partial charge is 0.238 e. The lowest BCUT2D eigenvalue weighted by Crippen LogP contribution is -2.29. The second-order valence-corrected chi connectivity index (χ2v) is 4.77. The minimum atomic E-state index is -0.395. The summed E-state index contributed by atoms with van der Waals surface area (Å²) in [4.78, 5) is 17.7. The SMILES string of the molecule is O=C(CCc1nc(-c2ccco2)no1)N1CC[C@@H](O)C1. The molecule has 3 heterocycles. The summed E-state index contributed by atoms with van der Waals surface area (Å²) in [6.07, 6.45) is 2.47. The molecule has 1 aliphatic rings. The van der Waals surface area contributed by atoms with Crippen LogP contribution in [0.15, 0.2) is 27.3 Å². The molecule has 3 rings (SSSR count). The van der Waals surface area contributed by atoms with Crippen LogP contribution in [0.25, 0.3) is 11.6 Å². The standard InChI is InChI=1S/C13H15N3O4/c17-9-5-6-16(8-9)12(18)4-3-11-14-13(15-20-11)10-2-1-7-19-10/h1-2,7,9,17H,3-6,8H2/t9-/m1/s1. The fourth-order valence-electron chi connectivity index (χ4n) is 2.20. The van der Waals surface area contributed by atoms with Crippen LogP contribution in [0.4, 0.5) is 0 Å². The highest BCUT2D eigenvalue weighted by molar-refractivity contribution is 5.76. The van der Waals surface area contributed by atoms with Gasteiger partial charge in [-0.15, -0.1) is 0 Å². The van der Waals surface area contributed by atoms with Crippen molar-refractivity contribution in [3.05, 3.63) is 24.3 Å². The maximum Gasteiger partial charge on any atom is 0.238 e. The van der Waals surface area contributed by atoms with E-state index in [4.69, 9.17) is 8.94 Å². The second-order valence-electron chi connectivity index (χ2n) is 4.77. The molecule has 20 heavy (non-hydrogen) atoms. The van der Waals surface area contributed by atoms with Crippen LogP contribution in [0.1, 0.15) is 18.7 Å². The number of rotatable bonds is 4. The summed E-state index contributed by atoms with van der Waals surface area (Å²) in [5.74, 6) is 1.33. The summed E-state index contributed by atoms with van der Waals surface area (Å²) in [7, 11) is 0. The van der Waals surface area contributed by atoms with Crippen LogP contribution in [-0.4, -0.2) is 45.2 Å². The van der Waals surface area contributed by atoms with Crippen molar-refractivity contribution in [1.82, 2.24) is 15.0 Å². The second kappa shape index (κ2) is 5.46. The van der Waals surface area contributed by atoms with Crippen LogP contribution in [0, 0.1) is 0 Å². The monoisotopic (exact) mass is 277 g/mol. The lowest BCUT2D eigenvalue weighted by Gasteiger charge is -2.14. The summed E-state index contributed by atoms with van der Waals surface area (Å²) < 4.78 is 10.2. The van der Waals surface area contributed by atoms with E-state index in [-0.39, 0.29) is 5.91 Å². The number of aryl methyl sites for hydroxylation is 1. The summed E-state index contributed by atoms with van der Waals surface area (Å²) in [6, 6.07) is 3.49. The molecule has 1 fully saturated rings. The molecule has 0 radical (unpaired) electrons. The molecule has 1 atom stereocenters. The van der Waals surface area contributed by atoms with Gasteiger partial charge in [-0.2, -0.15) is 4.98 Å². The van der Waals surface area contributed by atoms with E-state index < -0.39 is 6.10 Å². The van der Waals surface area contributed by atoms with Crippen molar-refractivity contribution < 1.29 is 18.8 Å². The van der Waals surface area contributed by atoms with Gasteiger partial charge in [0, 0.05) is 25.9 Å². The maximum absolute atomic E-state index is 11.9. The third-order valence-electron chi connectivity index (χ3n) is 3.28. The fourth-order valence-corrected chi connectivity index (χ4v) is 2.20. The first kappa shape index (κ1) is 12.9. The molecule has 0 aliphatic carbocycles. The normalized spacial score (nSPS) is 18.6. The van der Waals surface area contributed by atoms with E-state index in [2.05, 4.69) is 10.1 Å². The Kier molecular flexibility index (Phi) is 3.51. The predicted octanol–water partition coefficient (Wildman–Crippen LogP) is 0.855. The van der Waals surface area contributed by atoms with Gasteiger partial charge in [0.15, 0.2) is 5.76 Å². The Hall–Kier alpha value is -2.15. The average Bonchev–Trinajstić information content (AvgIpc) is 3.16. The summed E-state index contributed by atoms with van der Waals surface area (Å²) in [5.41, 5.74) is 0. The number of furan rings is 1. The average molecular weight is 277 g/mol. The van der Waals surface area contributed by atoms with Crippen LogP contribution < -0.4 is 0 Å². The van der Waals surface area contributed by atoms with Crippen LogP contribution in [0.2, 0.25) is 0 Å². The summed E-state index contributed by atoms with van der Waals surface area (Å²) in [5, 5.41) is 13.2. The lowest BCUT2D eigenvalue weighted by molar-refractivity contribution is -0.130. The molecule has 0 aromatic carbocycles. The fraction of sp³-hybridized carbons (Fsp3) is 0.462. The number of carbonyl (C=O) groups excluding carboxylic acids is 1. The van der Waals surface area contributed by atoms with Crippen LogP contribution in [0.5, 0.6) is 0 Å². The quantitative estimate of drug-likeness (QED) is 0.890. The molecule has 0 bridgehead atoms. The van der Waals surface area contributed by atoms with Gasteiger partial charge < -0.3 is 18.9 Å². The number of hydrogen-bond acceptors (Lipinski definition) is 6. The largest absolute Gasteiger partial charge is 0.461 e. The minimum absolute atomic E-state index is 0.000649. The van der Waals surface area contributed by atoms with Gasteiger partial charge >= 0.3 is 0 Å². The molecule has 0 unspecified atom stereocenters. The molecular formula is C13H15N3O4.